The minimum Gasteiger partial charge on any atom is -0.446 e. The summed E-state index contributed by atoms with van der Waals surface area (Å²) in [5, 5.41) is 12.7. The predicted octanol–water partition coefficient (Wildman–Crippen LogP) is 5.75. The zero-order chi connectivity index (χ0) is 37.4. The number of carbonyl (C=O) groups is 2. The maximum absolute atomic E-state index is 13.4. The molecule has 11 nitrogen and oxygen atoms in total. The number of likely N-dealkylation sites (tertiary alicyclic amines) is 1. The Morgan fingerprint density at radius 3 is 2.12 bits per heavy atom. The van der Waals surface area contributed by atoms with Gasteiger partial charge >= 0.3 is 12.2 Å². The molecule has 0 bridgehead atoms. The van der Waals surface area contributed by atoms with E-state index >= 15 is 0 Å². The summed E-state index contributed by atoms with van der Waals surface area (Å²) in [5.74, 6) is 1.53. The molecule has 0 radical (unpaired) electrons. The number of ether oxygens (including phenoxy) is 3. The van der Waals surface area contributed by atoms with Gasteiger partial charge in [0.15, 0.2) is 0 Å². The van der Waals surface area contributed by atoms with Gasteiger partial charge in [0, 0.05) is 50.1 Å². The Bertz CT molecular complexity index is 1560. The number of aliphatic hydroxyl groups excluding tert-OH is 1. The quantitative estimate of drug-likeness (QED) is 0.377. The van der Waals surface area contributed by atoms with E-state index in [0.29, 0.717) is 43.9 Å². The van der Waals surface area contributed by atoms with E-state index in [-0.39, 0.29) is 75.5 Å². The molecule has 2 spiro atoms. The Labute approximate surface area is 311 Å². The van der Waals surface area contributed by atoms with Crippen LogP contribution in [0.3, 0.4) is 0 Å². The first-order valence-corrected chi connectivity index (χ1v) is 22.4. The molecule has 2 amide bonds. The highest BCUT2D eigenvalue weighted by molar-refractivity contribution is 7.88. The minimum atomic E-state index is -3.27. The second-order valence-corrected chi connectivity index (χ2v) is 22.0. The molecule has 8 fully saturated rings. The van der Waals surface area contributed by atoms with E-state index < -0.39 is 16.1 Å². The van der Waals surface area contributed by atoms with Gasteiger partial charge in [0.2, 0.25) is 10.0 Å². The Hall–Kier alpha value is -1.63. The van der Waals surface area contributed by atoms with Gasteiger partial charge in [-0.1, -0.05) is 48.5 Å². The molecule has 3 aliphatic heterocycles. The van der Waals surface area contributed by atoms with Crippen LogP contribution in [0.5, 0.6) is 0 Å². The van der Waals surface area contributed by atoms with Crippen molar-refractivity contribution >= 4 is 22.2 Å². The third-order valence-corrected chi connectivity index (χ3v) is 18.7. The van der Waals surface area contributed by atoms with E-state index in [1.54, 1.807) is 9.80 Å². The molecule has 294 valence electrons. The van der Waals surface area contributed by atoms with E-state index in [1.807, 2.05) is 0 Å². The van der Waals surface area contributed by atoms with Gasteiger partial charge < -0.3 is 29.1 Å². The number of nitrogens with zero attached hydrogens (tertiary/aromatic N) is 3. The lowest BCUT2D eigenvalue weighted by molar-refractivity contribution is -0.185. The van der Waals surface area contributed by atoms with Crippen molar-refractivity contribution in [3.63, 3.8) is 0 Å². The number of rotatable bonds is 5. The van der Waals surface area contributed by atoms with E-state index in [9.17, 15) is 23.1 Å². The average Bonchev–Trinajstić information content (AvgIpc) is 3.68. The molecule has 5 aliphatic carbocycles. The molecular formula is C40H65N3O8S. The van der Waals surface area contributed by atoms with Crippen molar-refractivity contribution in [3.8, 4) is 0 Å². The summed E-state index contributed by atoms with van der Waals surface area (Å²) in [6, 6.07) is 0. The zero-order valence-corrected chi connectivity index (χ0v) is 33.8. The molecule has 52 heavy (non-hydrogen) atoms. The number of hydrogen-bond donors (Lipinski definition) is 1. The Balaban J connectivity index is 0.990. The van der Waals surface area contributed by atoms with Gasteiger partial charge in [-0.25, -0.2) is 18.0 Å². The SMILES string of the molecule is CC(C)[C@@H](OC(=O)N1CCC1)C1C[C@@H](C)[C@H]2C(O1)[C@H](O)[C@@]1(C)C3CC[C@H]4C(C)(C)C(OC(=O)N5CCN(S(C)(=O)=O)CC5)CC[C@@]45C[C@@]35CC[C@]21C. The zero-order valence-electron chi connectivity index (χ0n) is 32.9. The van der Waals surface area contributed by atoms with Gasteiger partial charge in [0.1, 0.15) is 12.2 Å². The lowest BCUT2D eigenvalue weighted by Gasteiger charge is -2.63. The van der Waals surface area contributed by atoms with Gasteiger partial charge in [0.05, 0.1) is 24.6 Å². The topological polar surface area (TPSA) is 126 Å². The van der Waals surface area contributed by atoms with Crippen LogP contribution >= 0.6 is 0 Å². The van der Waals surface area contributed by atoms with Crippen LogP contribution in [0, 0.1) is 56.7 Å². The molecule has 0 aromatic rings. The van der Waals surface area contributed by atoms with Gasteiger partial charge in [-0.05, 0) is 104 Å². The van der Waals surface area contributed by atoms with Gasteiger partial charge in [-0.2, -0.15) is 4.31 Å². The van der Waals surface area contributed by atoms with Crippen LogP contribution < -0.4 is 0 Å². The summed E-state index contributed by atoms with van der Waals surface area (Å²) in [7, 11) is -3.27. The van der Waals surface area contributed by atoms with Crippen LogP contribution in [0.2, 0.25) is 0 Å². The number of amides is 2. The van der Waals surface area contributed by atoms with Crippen molar-refractivity contribution in [1.29, 1.82) is 0 Å². The molecule has 1 N–H and O–H groups in total. The Morgan fingerprint density at radius 2 is 1.50 bits per heavy atom. The lowest BCUT2D eigenvalue weighted by Crippen LogP contribution is -2.60. The highest BCUT2D eigenvalue weighted by atomic mass is 32.2. The number of piperazine rings is 1. The van der Waals surface area contributed by atoms with Crippen LogP contribution in [0.15, 0.2) is 0 Å². The minimum absolute atomic E-state index is 0.0565. The summed E-state index contributed by atoms with van der Waals surface area (Å²) in [5.41, 5.74) is -0.154. The molecule has 3 heterocycles. The molecule has 8 aliphatic rings. The standard InChI is InChI=1S/C40H65N3O8S/c1-24(2)31(51-35(46)41-16-9-17-41)26-22-25(3)30-32(49-26)33(44)38(7)28-11-10-27-36(4,5)29(12-13-39(27)23-40(28,39)15-14-37(30,38)6)50-34(45)42-18-20-43(21-19-42)52(8,47)48/h24-33,44H,9-23H2,1-8H3/t25-,26?,27+,28?,29?,30+,31-,32?,33+,37-,38-,39-,40+/m1/s1. The third kappa shape index (κ3) is 5.07. The first kappa shape index (κ1) is 37.3. The number of fused-ring (bicyclic) bond motifs is 4. The fourth-order valence-electron chi connectivity index (χ4n) is 14.5. The van der Waals surface area contributed by atoms with Crippen molar-refractivity contribution in [1.82, 2.24) is 14.1 Å². The van der Waals surface area contributed by atoms with Crippen molar-refractivity contribution < 1.29 is 37.3 Å². The summed E-state index contributed by atoms with van der Waals surface area (Å²) < 4.78 is 45.0. The smallest absolute Gasteiger partial charge is 0.410 e. The maximum Gasteiger partial charge on any atom is 0.410 e. The van der Waals surface area contributed by atoms with Gasteiger partial charge in [-0.15, -0.1) is 0 Å². The second-order valence-electron chi connectivity index (χ2n) is 20.0. The van der Waals surface area contributed by atoms with E-state index in [4.69, 9.17) is 14.2 Å². The molecule has 3 saturated heterocycles. The van der Waals surface area contributed by atoms with Crippen LogP contribution in [-0.4, -0.2) is 116 Å². The molecule has 13 atom stereocenters. The first-order chi connectivity index (χ1) is 24.3. The van der Waals surface area contributed by atoms with Crippen LogP contribution in [-0.2, 0) is 24.2 Å². The van der Waals surface area contributed by atoms with Crippen molar-refractivity contribution in [2.24, 2.45) is 56.7 Å². The largest absolute Gasteiger partial charge is 0.446 e. The van der Waals surface area contributed by atoms with Crippen LogP contribution in [0.25, 0.3) is 0 Å². The second kappa shape index (κ2) is 12.2. The first-order valence-electron chi connectivity index (χ1n) is 20.5. The molecule has 12 heteroatoms. The van der Waals surface area contributed by atoms with Crippen molar-refractivity contribution in [3.05, 3.63) is 0 Å². The molecule has 5 saturated carbocycles. The molecule has 0 aromatic carbocycles. The summed E-state index contributed by atoms with van der Waals surface area (Å²) in [6.07, 6.45) is 8.36. The number of hydrogen-bond acceptors (Lipinski definition) is 8. The fourth-order valence-corrected chi connectivity index (χ4v) is 15.3. The van der Waals surface area contributed by atoms with E-state index in [2.05, 4.69) is 48.5 Å². The third-order valence-electron chi connectivity index (χ3n) is 17.3. The van der Waals surface area contributed by atoms with Gasteiger partial charge in [0.25, 0.3) is 0 Å². The predicted molar refractivity (Wildman–Crippen MR) is 196 cm³/mol. The average molecular weight is 748 g/mol. The van der Waals surface area contributed by atoms with Crippen LogP contribution in [0.4, 0.5) is 9.59 Å². The summed E-state index contributed by atoms with van der Waals surface area (Å²) >= 11 is 0. The molecule has 0 aromatic heterocycles. The van der Waals surface area contributed by atoms with E-state index in [0.717, 1.165) is 58.0 Å². The van der Waals surface area contributed by atoms with Crippen molar-refractivity contribution in [2.75, 3.05) is 45.5 Å². The van der Waals surface area contributed by atoms with E-state index in [1.165, 1.54) is 23.4 Å². The van der Waals surface area contributed by atoms with Gasteiger partial charge in [-0.3, -0.25) is 0 Å². The molecule has 8 rings (SSSR count). The maximum atomic E-state index is 13.4. The summed E-state index contributed by atoms with van der Waals surface area (Å²) in [6.45, 7) is 18.9. The monoisotopic (exact) mass is 747 g/mol. The highest BCUT2D eigenvalue weighted by Crippen LogP contribution is 2.89. The highest BCUT2D eigenvalue weighted by Gasteiger charge is 2.84. The number of aliphatic hydroxyl groups is 1. The fraction of sp³-hybridized carbons (Fsp3) is 0.950. The lowest BCUT2D eigenvalue weighted by atomic mass is 9.41. The Kier molecular flexibility index (Phi) is 8.74. The molecule has 4 unspecified atom stereocenters. The number of sulfonamides is 1. The van der Waals surface area contributed by atoms with Crippen LogP contribution in [0.1, 0.15) is 106 Å². The summed E-state index contributed by atoms with van der Waals surface area (Å²) in [4.78, 5) is 29.9. The van der Waals surface area contributed by atoms with Crippen molar-refractivity contribution in [2.45, 2.75) is 137 Å². The Morgan fingerprint density at radius 1 is 0.865 bits per heavy atom. The normalized spacial score (nSPS) is 47.2. The molecular weight excluding hydrogens is 683 g/mol. The number of carbonyl (C=O) groups excluding carboxylic acids is 2.